The molecule has 3 heterocycles. The highest BCUT2D eigenvalue weighted by Crippen LogP contribution is 2.58. The first-order valence-corrected chi connectivity index (χ1v) is 9.38. The Kier molecular flexibility index (Phi) is 4.74. The minimum Gasteiger partial charge on any atom is -0.406 e. The van der Waals surface area contributed by atoms with E-state index in [1.807, 2.05) is 0 Å². The van der Waals surface area contributed by atoms with Gasteiger partial charge in [-0.05, 0) is 38.3 Å². The minimum absolute atomic E-state index is 0.262. The number of nitrogens with zero attached hydrogens (tertiary/aromatic N) is 4. The summed E-state index contributed by atoms with van der Waals surface area (Å²) < 4.78 is 91.6. The van der Waals surface area contributed by atoms with Crippen LogP contribution in [0.4, 0.5) is 26.3 Å². The lowest BCUT2D eigenvalue weighted by molar-refractivity contribution is -0.302. The van der Waals surface area contributed by atoms with Crippen molar-refractivity contribution >= 4 is 6.02 Å². The van der Waals surface area contributed by atoms with E-state index in [1.165, 1.54) is 17.0 Å². The first-order valence-electron chi connectivity index (χ1n) is 9.38. The number of para-hydroxylation sites is 1. The average Bonchev–Trinajstić information content (AvgIpc) is 3.04. The van der Waals surface area contributed by atoms with E-state index in [1.54, 1.807) is 18.2 Å². The van der Waals surface area contributed by atoms with E-state index in [9.17, 15) is 26.3 Å². The summed E-state index contributed by atoms with van der Waals surface area (Å²) in [4.78, 5) is 4.54. The van der Waals surface area contributed by atoms with Crippen molar-refractivity contribution in [2.24, 2.45) is 4.99 Å². The molecule has 2 aliphatic rings. The number of aryl methyl sites for hydroxylation is 1. The number of aromatic nitrogens is 2. The third-order valence-corrected chi connectivity index (χ3v) is 5.28. The fourth-order valence-electron chi connectivity index (χ4n) is 3.86. The lowest BCUT2D eigenvalue weighted by atomic mass is 9.88. The van der Waals surface area contributed by atoms with Crippen LogP contribution in [-0.4, -0.2) is 46.1 Å². The largest absolute Gasteiger partial charge is 0.427 e. The van der Waals surface area contributed by atoms with Crippen LogP contribution in [0.25, 0.3) is 5.69 Å². The number of rotatable bonds is 1. The highest BCUT2D eigenvalue weighted by Gasteiger charge is 2.76. The van der Waals surface area contributed by atoms with Crippen molar-refractivity contribution in [1.82, 2.24) is 14.7 Å². The number of aliphatic imine (C=N–C) groups is 1. The molecule has 162 valence electrons. The summed E-state index contributed by atoms with van der Waals surface area (Å²) in [5, 5.41) is 3.96. The molecular formula is C19H18F6N4O. The molecule has 1 saturated heterocycles. The van der Waals surface area contributed by atoms with Crippen LogP contribution in [0.15, 0.2) is 35.3 Å². The van der Waals surface area contributed by atoms with Gasteiger partial charge >= 0.3 is 12.4 Å². The summed E-state index contributed by atoms with van der Waals surface area (Å²) >= 11 is 0. The van der Waals surface area contributed by atoms with Gasteiger partial charge in [0.25, 0.3) is 11.6 Å². The number of alkyl halides is 6. The molecule has 0 bridgehead atoms. The van der Waals surface area contributed by atoms with Gasteiger partial charge in [0.15, 0.2) is 0 Å². The second-order valence-electron chi connectivity index (χ2n) is 7.26. The molecule has 0 N–H and O–H groups in total. The standard InChI is InChI=1S/C19H18F6N4O/c1-12-14-15(29(27-12)13-8-4-2-5-9-13)30-16(28-10-6-3-7-11-28)26-17(14,18(20,21)22)19(23,24)25/h2,4-5,8-9H,3,6-7,10-11H2,1H3. The molecule has 2 aliphatic heterocycles. The van der Waals surface area contributed by atoms with E-state index < -0.39 is 41.1 Å². The van der Waals surface area contributed by atoms with Crippen molar-refractivity contribution in [2.45, 2.75) is 44.1 Å². The molecule has 0 radical (unpaired) electrons. The van der Waals surface area contributed by atoms with Gasteiger partial charge in [-0.3, -0.25) is 0 Å². The van der Waals surface area contributed by atoms with Gasteiger partial charge in [0.05, 0.1) is 16.9 Å². The van der Waals surface area contributed by atoms with Gasteiger partial charge in [0.2, 0.25) is 5.88 Å². The molecule has 0 amide bonds. The number of ether oxygens (including phenoxy) is 1. The maximum absolute atomic E-state index is 14.2. The predicted octanol–water partition coefficient (Wildman–Crippen LogP) is 4.73. The highest BCUT2D eigenvalue weighted by molar-refractivity contribution is 5.80. The fraction of sp³-hybridized carbons (Fsp3) is 0.474. The number of fused-ring (bicyclic) bond motifs is 1. The lowest BCUT2D eigenvalue weighted by Gasteiger charge is -2.39. The van der Waals surface area contributed by atoms with Gasteiger partial charge in [-0.2, -0.15) is 31.4 Å². The molecule has 1 aromatic carbocycles. The van der Waals surface area contributed by atoms with Crippen LogP contribution < -0.4 is 4.74 Å². The molecule has 0 aliphatic carbocycles. The van der Waals surface area contributed by atoms with Crippen LogP contribution in [0, 0.1) is 6.92 Å². The van der Waals surface area contributed by atoms with Crippen LogP contribution >= 0.6 is 0 Å². The second-order valence-corrected chi connectivity index (χ2v) is 7.26. The summed E-state index contributed by atoms with van der Waals surface area (Å²) in [7, 11) is 0. The number of hydrogen-bond donors (Lipinski definition) is 0. The summed E-state index contributed by atoms with van der Waals surface area (Å²) in [5.74, 6) is -0.621. The van der Waals surface area contributed by atoms with Crippen LogP contribution in [0.5, 0.6) is 5.88 Å². The maximum Gasteiger partial charge on any atom is 0.427 e. The van der Waals surface area contributed by atoms with Gasteiger partial charge in [-0.15, -0.1) is 0 Å². The Hall–Kier alpha value is -2.72. The van der Waals surface area contributed by atoms with E-state index in [0.717, 1.165) is 18.0 Å². The quantitative estimate of drug-likeness (QED) is 0.612. The first-order chi connectivity index (χ1) is 14.1. The third kappa shape index (κ3) is 3.02. The van der Waals surface area contributed by atoms with Crippen molar-refractivity contribution in [3.05, 3.63) is 41.6 Å². The minimum atomic E-state index is -5.75. The summed E-state index contributed by atoms with van der Waals surface area (Å²) in [6.07, 6.45) is -9.42. The van der Waals surface area contributed by atoms with Crippen LogP contribution in [0.1, 0.15) is 30.5 Å². The maximum atomic E-state index is 14.2. The van der Waals surface area contributed by atoms with Gasteiger partial charge < -0.3 is 9.64 Å². The number of amidine groups is 1. The number of hydrogen-bond acceptors (Lipinski definition) is 4. The molecule has 30 heavy (non-hydrogen) atoms. The predicted molar refractivity (Wildman–Crippen MR) is 95.6 cm³/mol. The van der Waals surface area contributed by atoms with E-state index in [0.29, 0.717) is 12.8 Å². The van der Waals surface area contributed by atoms with Crippen molar-refractivity contribution < 1.29 is 31.1 Å². The average molecular weight is 432 g/mol. The summed E-state index contributed by atoms with van der Waals surface area (Å²) in [6.45, 7) is 1.62. The first kappa shape index (κ1) is 20.5. The zero-order valence-corrected chi connectivity index (χ0v) is 15.9. The molecular weight excluding hydrogens is 414 g/mol. The van der Waals surface area contributed by atoms with Gasteiger partial charge in [0.1, 0.15) is 0 Å². The highest BCUT2D eigenvalue weighted by atomic mass is 19.4. The fourth-order valence-corrected chi connectivity index (χ4v) is 3.86. The third-order valence-electron chi connectivity index (χ3n) is 5.28. The van der Waals surface area contributed by atoms with E-state index in [2.05, 4.69) is 10.1 Å². The molecule has 0 unspecified atom stereocenters. The zero-order valence-electron chi connectivity index (χ0n) is 15.9. The van der Waals surface area contributed by atoms with Crippen molar-refractivity contribution in [3.63, 3.8) is 0 Å². The molecule has 5 nitrogen and oxygen atoms in total. The molecule has 2 aromatic rings. The Morgan fingerprint density at radius 2 is 1.53 bits per heavy atom. The Bertz CT molecular complexity index is 944. The molecule has 1 fully saturated rings. The smallest absolute Gasteiger partial charge is 0.406 e. The topological polar surface area (TPSA) is 42.7 Å². The lowest BCUT2D eigenvalue weighted by Crippen LogP contribution is -2.57. The number of likely N-dealkylation sites (tertiary alicyclic amines) is 1. The molecule has 11 heteroatoms. The normalized spacial score (nSPS) is 19.2. The van der Waals surface area contributed by atoms with Gasteiger partial charge in [-0.25, -0.2) is 9.67 Å². The SMILES string of the molecule is Cc1nn(-c2ccccc2)c2c1C(C(F)(F)F)(C(F)(F)F)N=C(N1CCCCC1)O2. The molecule has 0 saturated carbocycles. The van der Waals surface area contributed by atoms with Crippen molar-refractivity contribution in [2.75, 3.05) is 13.1 Å². The van der Waals surface area contributed by atoms with Crippen LogP contribution in [0.3, 0.4) is 0 Å². The molecule has 0 spiro atoms. The van der Waals surface area contributed by atoms with Crippen molar-refractivity contribution in [1.29, 1.82) is 0 Å². The monoisotopic (exact) mass is 432 g/mol. The zero-order chi connectivity index (χ0) is 21.7. The summed E-state index contributed by atoms with van der Waals surface area (Å²) in [5.41, 5.74) is -5.77. The summed E-state index contributed by atoms with van der Waals surface area (Å²) in [6, 6.07) is 7.22. The molecule has 0 atom stereocenters. The Balaban J connectivity index is 2.00. The van der Waals surface area contributed by atoms with Gasteiger partial charge in [-0.1, -0.05) is 18.2 Å². The number of halogens is 6. The Morgan fingerprint density at radius 3 is 2.10 bits per heavy atom. The Labute approximate surface area is 167 Å². The second kappa shape index (κ2) is 6.92. The number of benzene rings is 1. The molecule has 4 rings (SSSR count). The molecule has 1 aromatic heterocycles. The number of piperidine rings is 1. The van der Waals surface area contributed by atoms with E-state index in [4.69, 9.17) is 4.74 Å². The Morgan fingerprint density at radius 1 is 0.933 bits per heavy atom. The van der Waals surface area contributed by atoms with Gasteiger partial charge in [0, 0.05) is 13.1 Å². The van der Waals surface area contributed by atoms with Crippen LogP contribution in [-0.2, 0) is 5.54 Å². The van der Waals surface area contributed by atoms with Crippen LogP contribution in [0.2, 0.25) is 0 Å². The van der Waals surface area contributed by atoms with E-state index in [-0.39, 0.29) is 18.8 Å². The van der Waals surface area contributed by atoms with Crippen molar-refractivity contribution in [3.8, 4) is 11.6 Å². The van der Waals surface area contributed by atoms with E-state index >= 15 is 0 Å².